The number of carbonyl (C=O) groups excluding carboxylic acids is 2. The SMILES string of the molecule is Cc1ccccc1OCCCN1C(=O)NC(C)(c2ccccc2C)C1=O. The van der Waals surface area contributed by atoms with E-state index >= 15 is 0 Å². The van der Waals surface area contributed by atoms with Gasteiger partial charge in [-0.25, -0.2) is 4.79 Å². The lowest BCUT2D eigenvalue weighted by Gasteiger charge is -2.24. The molecular formula is C21H24N2O3. The van der Waals surface area contributed by atoms with Gasteiger partial charge in [0.2, 0.25) is 0 Å². The van der Waals surface area contributed by atoms with Crippen LogP contribution in [0.5, 0.6) is 5.75 Å². The Balaban J connectivity index is 1.63. The van der Waals surface area contributed by atoms with Crippen molar-refractivity contribution in [1.29, 1.82) is 0 Å². The van der Waals surface area contributed by atoms with Crippen molar-refractivity contribution >= 4 is 11.9 Å². The zero-order valence-corrected chi connectivity index (χ0v) is 15.4. The molecule has 1 heterocycles. The third-order valence-corrected chi connectivity index (χ3v) is 4.84. The molecule has 1 unspecified atom stereocenters. The van der Waals surface area contributed by atoms with Crippen molar-refractivity contribution in [1.82, 2.24) is 10.2 Å². The second-order valence-electron chi connectivity index (χ2n) is 6.79. The van der Waals surface area contributed by atoms with Crippen LogP contribution in [0.3, 0.4) is 0 Å². The maximum Gasteiger partial charge on any atom is 0.325 e. The zero-order valence-electron chi connectivity index (χ0n) is 15.4. The van der Waals surface area contributed by atoms with Crippen molar-refractivity contribution < 1.29 is 14.3 Å². The summed E-state index contributed by atoms with van der Waals surface area (Å²) in [6.07, 6.45) is 0.581. The maximum atomic E-state index is 12.9. The van der Waals surface area contributed by atoms with Crippen LogP contribution in [0, 0.1) is 13.8 Å². The molecule has 0 radical (unpaired) electrons. The molecule has 0 saturated carbocycles. The summed E-state index contributed by atoms with van der Waals surface area (Å²) in [7, 11) is 0. The number of para-hydroxylation sites is 1. The van der Waals surface area contributed by atoms with Gasteiger partial charge in [0.25, 0.3) is 5.91 Å². The van der Waals surface area contributed by atoms with Gasteiger partial charge in [-0.2, -0.15) is 0 Å². The Morgan fingerprint density at radius 3 is 2.35 bits per heavy atom. The summed E-state index contributed by atoms with van der Waals surface area (Å²) in [5, 5.41) is 2.85. The number of amides is 3. The quantitative estimate of drug-likeness (QED) is 0.639. The molecule has 5 heteroatoms. The van der Waals surface area contributed by atoms with Crippen LogP contribution in [0.1, 0.15) is 30.0 Å². The Kier molecular flexibility index (Phi) is 4.98. The van der Waals surface area contributed by atoms with Gasteiger partial charge in [-0.05, 0) is 49.9 Å². The highest BCUT2D eigenvalue weighted by molar-refractivity contribution is 6.07. The fraction of sp³-hybridized carbons (Fsp3) is 0.333. The Morgan fingerprint density at radius 2 is 1.65 bits per heavy atom. The molecule has 1 aliphatic rings. The number of hydrogen-bond donors (Lipinski definition) is 1. The molecule has 0 aromatic heterocycles. The summed E-state index contributed by atoms with van der Waals surface area (Å²) < 4.78 is 5.75. The molecule has 3 amide bonds. The molecule has 1 fully saturated rings. The second-order valence-corrected chi connectivity index (χ2v) is 6.79. The van der Waals surface area contributed by atoms with Crippen LogP contribution >= 0.6 is 0 Å². The monoisotopic (exact) mass is 352 g/mol. The average Bonchev–Trinajstić information content (AvgIpc) is 2.84. The molecule has 3 rings (SSSR count). The van der Waals surface area contributed by atoms with Gasteiger partial charge in [-0.3, -0.25) is 9.69 Å². The summed E-state index contributed by atoms with van der Waals surface area (Å²) in [5.41, 5.74) is 1.86. The third-order valence-electron chi connectivity index (χ3n) is 4.84. The Labute approximate surface area is 154 Å². The summed E-state index contributed by atoms with van der Waals surface area (Å²) in [4.78, 5) is 26.6. The smallest absolute Gasteiger partial charge is 0.325 e. The standard InChI is InChI=1S/C21H24N2O3/c1-15-9-4-6-11-17(15)21(3)19(24)23(20(25)22-21)13-8-14-26-18-12-7-5-10-16(18)2/h4-7,9-12H,8,13-14H2,1-3H3,(H,22,25). The molecule has 1 N–H and O–H groups in total. The minimum Gasteiger partial charge on any atom is -0.493 e. The molecule has 2 aromatic carbocycles. The number of ether oxygens (including phenoxy) is 1. The fourth-order valence-electron chi connectivity index (χ4n) is 3.34. The highest BCUT2D eigenvalue weighted by Gasteiger charge is 2.49. The van der Waals surface area contributed by atoms with Crippen molar-refractivity contribution in [2.45, 2.75) is 32.7 Å². The summed E-state index contributed by atoms with van der Waals surface area (Å²) in [5.74, 6) is 0.613. The molecule has 1 atom stereocenters. The first-order chi connectivity index (χ1) is 12.4. The first-order valence-corrected chi connectivity index (χ1v) is 8.82. The molecule has 2 aromatic rings. The number of benzene rings is 2. The highest BCUT2D eigenvalue weighted by Crippen LogP contribution is 2.31. The molecule has 0 bridgehead atoms. The zero-order chi connectivity index (χ0) is 18.7. The lowest BCUT2D eigenvalue weighted by atomic mass is 9.88. The Bertz CT molecular complexity index is 834. The van der Waals surface area contributed by atoms with Gasteiger partial charge in [0.15, 0.2) is 0 Å². The molecule has 136 valence electrons. The summed E-state index contributed by atoms with van der Waals surface area (Å²) in [6.45, 7) is 6.47. The molecule has 0 spiro atoms. The van der Waals surface area contributed by atoms with Crippen molar-refractivity contribution in [2.24, 2.45) is 0 Å². The van der Waals surface area contributed by atoms with E-state index in [1.165, 1.54) is 4.90 Å². The van der Waals surface area contributed by atoms with E-state index in [0.29, 0.717) is 19.6 Å². The topological polar surface area (TPSA) is 58.6 Å². The van der Waals surface area contributed by atoms with Crippen LogP contribution < -0.4 is 10.1 Å². The fourth-order valence-corrected chi connectivity index (χ4v) is 3.34. The van der Waals surface area contributed by atoms with Crippen LogP contribution in [-0.4, -0.2) is 30.0 Å². The van der Waals surface area contributed by atoms with E-state index in [2.05, 4.69) is 5.32 Å². The van der Waals surface area contributed by atoms with E-state index in [9.17, 15) is 9.59 Å². The molecule has 26 heavy (non-hydrogen) atoms. The number of nitrogens with zero attached hydrogens (tertiary/aromatic N) is 1. The van der Waals surface area contributed by atoms with Gasteiger partial charge in [0.05, 0.1) is 6.61 Å². The normalized spacial score (nSPS) is 19.6. The molecule has 1 aliphatic heterocycles. The summed E-state index contributed by atoms with van der Waals surface area (Å²) in [6, 6.07) is 15.1. The third kappa shape index (κ3) is 3.29. The Hall–Kier alpha value is -2.82. The van der Waals surface area contributed by atoms with Crippen molar-refractivity contribution in [2.75, 3.05) is 13.2 Å². The molecule has 5 nitrogen and oxygen atoms in total. The summed E-state index contributed by atoms with van der Waals surface area (Å²) >= 11 is 0. The van der Waals surface area contributed by atoms with E-state index in [0.717, 1.165) is 22.4 Å². The first-order valence-electron chi connectivity index (χ1n) is 8.82. The van der Waals surface area contributed by atoms with E-state index < -0.39 is 5.54 Å². The number of carbonyl (C=O) groups is 2. The van der Waals surface area contributed by atoms with Gasteiger partial charge in [-0.1, -0.05) is 42.5 Å². The maximum absolute atomic E-state index is 12.9. The average molecular weight is 352 g/mol. The largest absolute Gasteiger partial charge is 0.493 e. The number of hydrogen-bond acceptors (Lipinski definition) is 3. The lowest BCUT2D eigenvalue weighted by molar-refractivity contribution is -0.131. The molecular weight excluding hydrogens is 328 g/mol. The predicted octanol–water partition coefficient (Wildman–Crippen LogP) is 3.54. The van der Waals surface area contributed by atoms with Gasteiger partial charge >= 0.3 is 6.03 Å². The van der Waals surface area contributed by atoms with Crippen molar-refractivity contribution in [3.8, 4) is 5.75 Å². The van der Waals surface area contributed by atoms with E-state index in [1.54, 1.807) is 6.92 Å². The van der Waals surface area contributed by atoms with Crippen LogP contribution in [0.25, 0.3) is 0 Å². The van der Waals surface area contributed by atoms with Crippen LogP contribution in [0.2, 0.25) is 0 Å². The minimum absolute atomic E-state index is 0.215. The Morgan fingerprint density at radius 1 is 1.00 bits per heavy atom. The minimum atomic E-state index is -1.01. The van der Waals surface area contributed by atoms with Crippen molar-refractivity contribution in [3.63, 3.8) is 0 Å². The predicted molar refractivity (Wildman–Crippen MR) is 100 cm³/mol. The second kappa shape index (κ2) is 7.20. The van der Waals surface area contributed by atoms with Gasteiger partial charge in [0, 0.05) is 6.54 Å². The van der Waals surface area contributed by atoms with Crippen LogP contribution in [-0.2, 0) is 10.3 Å². The van der Waals surface area contributed by atoms with Gasteiger partial charge in [-0.15, -0.1) is 0 Å². The first kappa shape index (κ1) is 18.0. The van der Waals surface area contributed by atoms with E-state index in [1.807, 2.05) is 62.4 Å². The molecule has 1 saturated heterocycles. The number of nitrogens with one attached hydrogen (secondary N) is 1. The van der Waals surface area contributed by atoms with Gasteiger partial charge in [0.1, 0.15) is 11.3 Å². The molecule has 0 aliphatic carbocycles. The highest BCUT2D eigenvalue weighted by atomic mass is 16.5. The number of imide groups is 1. The lowest BCUT2D eigenvalue weighted by Crippen LogP contribution is -2.41. The van der Waals surface area contributed by atoms with E-state index in [4.69, 9.17) is 4.74 Å². The van der Waals surface area contributed by atoms with Crippen LogP contribution in [0.4, 0.5) is 4.79 Å². The van der Waals surface area contributed by atoms with Crippen LogP contribution in [0.15, 0.2) is 48.5 Å². The van der Waals surface area contributed by atoms with E-state index in [-0.39, 0.29) is 11.9 Å². The number of aryl methyl sites for hydroxylation is 2. The van der Waals surface area contributed by atoms with Gasteiger partial charge < -0.3 is 10.1 Å². The van der Waals surface area contributed by atoms with Crippen molar-refractivity contribution in [3.05, 3.63) is 65.2 Å². The number of urea groups is 1. The number of rotatable bonds is 6.